The predicted molar refractivity (Wildman–Crippen MR) is 110 cm³/mol. The minimum absolute atomic E-state index is 0.0395. The monoisotopic (exact) mass is 430 g/mol. The maximum absolute atomic E-state index is 12.8. The van der Waals surface area contributed by atoms with Gasteiger partial charge in [0.15, 0.2) is 0 Å². The number of nitrogens with zero attached hydrogens (tertiary/aromatic N) is 1. The Labute approximate surface area is 178 Å². The van der Waals surface area contributed by atoms with Gasteiger partial charge >= 0.3 is 5.97 Å². The van der Waals surface area contributed by atoms with Crippen molar-refractivity contribution in [2.45, 2.75) is 43.8 Å². The van der Waals surface area contributed by atoms with Gasteiger partial charge in [-0.1, -0.05) is 30.3 Å². The van der Waals surface area contributed by atoms with Crippen molar-refractivity contribution in [2.24, 2.45) is 11.5 Å². The number of aromatic amines is 1. The number of rotatable bonds is 12. The number of aromatic nitrogens is 2. The predicted octanol–water partition coefficient (Wildman–Crippen LogP) is -1.16. The van der Waals surface area contributed by atoms with Gasteiger partial charge in [0.2, 0.25) is 17.7 Å². The largest absolute Gasteiger partial charge is 0.480 e. The van der Waals surface area contributed by atoms with Crippen molar-refractivity contribution in [2.75, 3.05) is 0 Å². The van der Waals surface area contributed by atoms with E-state index in [1.165, 1.54) is 12.5 Å². The summed E-state index contributed by atoms with van der Waals surface area (Å²) >= 11 is 0. The first-order valence-electron chi connectivity index (χ1n) is 9.65. The summed E-state index contributed by atoms with van der Waals surface area (Å²) < 4.78 is 0. The lowest BCUT2D eigenvalue weighted by atomic mass is 10.0. The van der Waals surface area contributed by atoms with Gasteiger partial charge < -0.3 is 32.2 Å². The average molecular weight is 430 g/mol. The number of hydrogen-bond acceptors (Lipinski definition) is 6. The molecule has 31 heavy (non-hydrogen) atoms. The van der Waals surface area contributed by atoms with Crippen LogP contribution in [0, 0.1) is 0 Å². The number of carbonyl (C=O) groups is 4. The third-order valence-electron chi connectivity index (χ3n) is 4.54. The summed E-state index contributed by atoms with van der Waals surface area (Å²) in [7, 11) is 0. The highest BCUT2D eigenvalue weighted by atomic mass is 16.4. The van der Waals surface area contributed by atoms with Crippen LogP contribution in [0.5, 0.6) is 0 Å². The number of H-pyrrole nitrogens is 1. The van der Waals surface area contributed by atoms with Crippen LogP contribution in [0.1, 0.15) is 24.1 Å². The molecule has 0 fully saturated rings. The molecule has 2 rings (SSSR count). The number of benzene rings is 1. The molecule has 1 heterocycles. The lowest BCUT2D eigenvalue weighted by Crippen LogP contribution is -2.55. The molecule has 11 nitrogen and oxygen atoms in total. The molecule has 1 aromatic heterocycles. The summed E-state index contributed by atoms with van der Waals surface area (Å²) in [5, 5.41) is 14.2. The fourth-order valence-corrected chi connectivity index (χ4v) is 2.88. The number of imidazole rings is 1. The molecule has 3 atom stereocenters. The molecule has 0 bridgehead atoms. The Morgan fingerprint density at radius 2 is 1.71 bits per heavy atom. The van der Waals surface area contributed by atoms with Crippen molar-refractivity contribution < 1.29 is 24.3 Å². The zero-order chi connectivity index (χ0) is 22.8. The van der Waals surface area contributed by atoms with Gasteiger partial charge in [0.1, 0.15) is 12.1 Å². The van der Waals surface area contributed by atoms with E-state index in [1.54, 1.807) is 0 Å². The van der Waals surface area contributed by atoms with Crippen LogP contribution < -0.4 is 22.1 Å². The molecule has 0 saturated carbocycles. The smallest absolute Gasteiger partial charge is 0.326 e. The minimum Gasteiger partial charge on any atom is -0.480 e. The molecule has 0 aliphatic carbocycles. The van der Waals surface area contributed by atoms with Crippen molar-refractivity contribution in [3.8, 4) is 0 Å². The second-order valence-corrected chi connectivity index (χ2v) is 7.04. The molecule has 8 N–H and O–H groups in total. The highest BCUT2D eigenvalue weighted by Crippen LogP contribution is 2.05. The number of carbonyl (C=O) groups excluding carboxylic acids is 3. The van der Waals surface area contributed by atoms with Crippen LogP contribution >= 0.6 is 0 Å². The summed E-state index contributed by atoms with van der Waals surface area (Å²) in [6.45, 7) is 0. The van der Waals surface area contributed by atoms with Gasteiger partial charge in [-0.15, -0.1) is 0 Å². The first-order chi connectivity index (χ1) is 14.8. The average Bonchev–Trinajstić information content (AvgIpc) is 3.23. The summed E-state index contributed by atoms with van der Waals surface area (Å²) in [5.41, 5.74) is 12.5. The molecule has 0 saturated heterocycles. The first kappa shape index (κ1) is 23.5. The van der Waals surface area contributed by atoms with Crippen LogP contribution in [-0.2, 0) is 32.0 Å². The Morgan fingerprint density at radius 3 is 2.29 bits per heavy atom. The Kier molecular flexibility index (Phi) is 8.70. The fraction of sp³-hybridized carbons (Fsp3) is 0.350. The Hall–Kier alpha value is -3.73. The molecule has 0 spiro atoms. The number of nitrogens with one attached hydrogen (secondary N) is 3. The number of carboxylic acid groups (broad SMARTS) is 1. The van der Waals surface area contributed by atoms with Gasteiger partial charge in [0.05, 0.1) is 12.4 Å². The third kappa shape index (κ3) is 7.90. The van der Waals surface area contributed by atoms with Crippen LogP contribution in [0.25, 0.3) is 0 Å². The maximum Gasteiger partial charge on any atom is 0.326 e. The highest BCUT2D eigenvalue weighted by molar-refractivity contribution is 5.92. The van der Waals surface area contributed by atoms with Gasteiger partial charge in [0, 0.05) is 24.7 Å². The Bertz CT molecular complexity index is 887. The fourth-order valence-electron chi connectivity index (χ4n) is 2.88. The van der Waals surface area contributed by atoms with Gasteiger partial charge in [-0.25, -0.2) is 9.78 Å². The molecule has 0 aliphatic heterocycles. The van der Waals surface area contributed by atoms with E-state index in [0.717, 1.165) is 5.56 Å². The Morgan fingerprint density at radius 1 is 1.03 bits per heavy atom. The summed E-state index contributed by atoms with van der Waals surface area (Å²) in [6, 6.07) is 5.81. The van der Waals surface area contributed by atoms with Gasteiger partial charge in [-0.05, 0) is 18.4 Å². The van der Waals surface area contributed by atoms with Crippen molar-refractivity contribution in [3.05, 3.63) is 54.1 Å². The summed E-state index contributed by atoms with van der Waals surface area (Å²) in [5.74, 6) is -3.30. The van der Waals surface area contributed by atoms with Crippen LogP contribution in [0.4, 0.5) is 0 Å². The topological polar surface area (TPSA) is 193 Å². The molecule has 0 aliphatic rings. The molecule has 166 valence electrons. The number of carboxylic acids is 1. The molecule has 0 radical (unpaired) electrons. The number of primary amides is 1. The normalized spacial score (nSPS) is 13.6. The van der Waals surface area contributed by atoms with Crippen LogP contribution in [0.2, 0.25) is 0 Å². The maximum atomic E-state index is 12.8. The number of aliphatic carboxylic acids is 1. The molecule has 2 aromatic rings. The lowest BCUT2D eigenvalue weighted by Gasteiger charge is -2.22. The standard InChI is InChI=1S/C20H26N6O5/c21-14(8-12-4-2-1-3-5-12)18(28)26-16(9-13-10-23-11-24-13)19(29)25-15(20(30)31)6-7-17(22)27/h1-5,10-11,14-16H,6-9,21H2,(H2,22,27)(H,23,24)(H,25,29)(H,26,28)(H,30,31). The molecule has 11 heteroatoms. The first-order valence-corrected chi connectivity index (χ1v) is 9.65. The Balaban J connectivity index is 2.08. The van der Waals surface area contributed by atoms with E-state index >= 15 is 0 Å². The van der Waals surface area contributed by atoms with Crippen molar-refractivity contribution >= 4 is 23.7 Å². The molecular formula is C20H26N6O5. The molecule has 3 unspecified atom stereocenters. The zero-order valence-electron chi connectivity index (χ0n) is 16.8. The highest BCUT2D eigenvalue weighted by Gasteiger charge is 2.28. The molecule has 3 amide bonds. The van der Waals surface area contributed by atoms with E-state index in [4.69, 9.17) is 11.5 Å². The van der Waals surface area contributed by atoms with E-state index in [-0.39, 0.29) is 25.7 Å². The SMILES string of the molecule is NC(=O)CCC(NC(=O)C(Cc1cnc[nH]1)NC(=O)C(N)Cc1ccccc1)C(=O)O. The van der Waals surface area contributed by atoms with E-state index in [1.807, 2.05) is 30.3 Å². The van der Waals surface area contributed by atoms with Crippen molar-refractivity contribution in [3.63, 3.8) is 0 Å². The summed E-state index contributed by atoms with van der Waals surface area (Å²) in [4.78, 5) is 54.5. The van der Waals surface area contributed by atoms with Crippen LogP contribution in [0.15, 0.2) is 42.9 Å². The van der Waals surface area contributed by atoms with E-state index in [9.17, 15) is 24.3 Å². The molecule has 1 aromatic carbocycles. The quantitative estimate of drug-likeness (QED) is 0.244. The summed E-state index contributed by atoms with van der Waals surface area (Å²) in [6.07, 6.45) is 2.82. The zero-order valence-corrected chi connectivity index (χ0v) is 16.8. The van der Waals surface area contributed by atoms with Gasteiger partial charge in [-0.3, -0.25) is 14.4 Å². The number of nitrogens with two attached hydrogens (primary N) is 2. The van der Waals surface area contributed by atoms with Crippen LogP contribution in [-0.4, -0.2) is 56.9 Å². The van der Waals surface area contributed by atoms with Crippen molar-refractivity contribution in [1.82, 2.24) is 20.6 Å². The van der Waals surface area contributed by atoms with E-state index < -0.39 is 41.8 Å². The van der Waals surface area contributed by atoms with Crippen LogP contribution in [0.3, 0.4) is 0 Å². The molecular weight excluding hydrogens is 404 g/mol. The number of amides is 3. The second-order valence-electron chi connectivity index (χ2n) is 7.04. The van der Waals surface area contributed by atoms with E-state index in [0.29, 0.717) is 5.69 Å². The number of hydrogen-bond donors (Lipinski definition) is 6. The third-order valence-corrected chi connectivity index (χ3v) is 4.54. The minimum atomic E-state index is -1.33. The van der Waals surface area contributed by atoms with Gasteiger partial charge in [-0.2, -0.15) is 0 Å². The lowest BCUT2D eigenvalue weighted by molar-refractivity contribution is -0.142. The van der Waals surface area contributed by atoms with Crippen molar-refractivity contribution in [1.29, 1.82) is 0 Å². The van der Waals surface area contributed by atoms with E-state index in [2.05, 4.69) is 20.6 Å². The second kappa shape index (κ2) is 11.5. The van der Waals surface area contributed by atoms with Gasteiger partial charge in [0.25, 0.3) is 0 Å².